The molecule has 0 aromatic heterocycles. The molecular formula is C28H42O. The normalized spacial score (nSPS) is 43.9. The molecule has 29 heavy (non-hydrogen) atoms. The average molecular weight is 395 g/mol. The number of allylic oxidation sites excluding steroid dienone is 4. The molecule has 0 bridgehead atoms. The quantitative estimate of drug-likeness (QED) is 0.450. The topological polar surface area (TPSA) is 17.1 Å². The maximum Gasteiger partial charge on any atom is 0.155 e. The molecule has 160 valence electrons. The minimum Gasteiger partial charge on any atom is -0.295 e. The van der Waals surface area contributed by atoms with Crippen LogP contribution in [0.3, 0.4) is 0 Å². The molecule has 3 saturated carbocycles. The molecule has 0 aromatic rings. The molecule has 4 aliphatic rings. The Hall–Kier alpha value is -1.11. The summed E-state index contributed by atoms with van der Waals surface area (Å²) in [5.41, 5.74) is 3.56. The van der Waals surface area contributed by atoms with Crippen LogP contribution in [0.25, 0.3) is 0 Å². The average Bonchev–Trinajstić information content (AvgIpc) is 3.03. The van der Waals surface area contributed by atoms with Crippen molar-refractivity contribution >= 4 is 5.78 Å². The van der Waals surface area contributed by atoms with Gasteiger partial charge in [0.05, 0.1) is 0 Å². The summed E-state index contributed by atoms with van der Waals surface area (Å²) in [4.78, 5) is 12.0. The van der Waals surface area contributed by atoms with Crippen LogP contribution < -0.4 is 0 Å². The number of hydrogen-bond acceptors (Lipinski definition) is 1. The lowest BCUT2D eigenvalue weighted by atomic mass is 9.46. The van der Waals surface area contributed by atoms with E-state index in [1.165, 1.54) is 49.7 Å². The number of fused-ring (bicyclic) bond motifs is 5. The molecule has 8 unspecified atom stereocenters. The van der Waals surface area contributed by atoms with E-state index in [2.05, 4.69) is 53.3 Å². The van der Waals surface area contributed by atoms with Gasteiger partial charge < -0.3 is 0 Å². The lowest BCUT2D eigenvalue weighted by Gasteiger charge is -2.58. The van der Waals surface area contributed by atoms with Gasteiger partial charge in [0.25, 0.3) is 0 Å². The molecular weight excluding hydrogens is 352 g/mol. The third kappa shape index (κ3) is 3.41. The minimum atomic E-state index is 0.304. The monoisotopic (exact) mass is 394 g/mol. The van der Waals surface area contributed by atoms with E-state index in [9.17, 15) is 4.79 Å². The maximum absolute atomic E-state index is 12.0. The van der Waals surface area contributed by atoms with Crippen LogP contribution in [0.2, 0.25) is 0 Å². The molecule has 0 amide bonds. The first-order chi connectivity index (χ1) is 13.7. The Balaban J connectivity index is 1.54. The van der Waals surface area contributed by atoms with E-state index in [1.807, 2.05) is 6.08 Å². The van der Waals surface area contributed by atoms with Gasteiger partial charge >= 0.3 is 0 Å². The number of ketones is 1. The van der Waals surface area contributed by atoms with Gasteiger partial charge in [-0.1, -0.05) is 57.6 Å². The predicted octanol–water partition coefficient (Wildman–Crippen LogP) is 7.54. The third-order valence-electron chi connectivity index (χ3n) is 10.2. The van der Waals surface area contributed by atoms with E-state index < -0.39 is 0 Å². The Labute approximate surface area is 179 Å². The van der Waals surface area contributed by atoms with E-state index in [0.717, 1.165) is 36.5 Å². The molecule has 0 aliphatic heterocycles. The highest BCUT2D eigenvalue weighted by Gasteiger charge is 2.59. The van der Waals surface area contributed by atoms with Crippen LogP contribution in [0.1, 0.15) is 86.0 Å². The van der Waals surface area contributed by atoms with Crippen LogP contribution in [-0.4, -0.2) is 5.78 Å². The SMILES string of the molecule is C=C(C)C(C)C=CC(C)C1CCC2C3CCC4=CC(=O)CCC4(C)C3CCC12C. The van der Waals surface area contributed by atoms with Crippen molar-refractivity contribution in [3.63, 3.8) is 0 Å². The Kier molecular flexibility index (Phi) is 5.50. The lowest BCUT2D eigenvalue weighted by Crippen LogP contribution is -2.50. The minimum absolute atomic E-state index is 0.304. The molecule has 0 spiro atoms. The zero-order chi connectivity index (χ0) is 21.0. The zero-order valence-corrected chi connectivity index (χ0v) is 19.5. The van der Waals surface area contributed by atoms with Crippen molar-refractivity contribution in [3.05, 3.63) is 36.0 Å². The van der Waals surface area contributed by atoms with Gasteiger partial charge in [-0.3, -0.25) is 4.79 Å². The van der Waals surface area contributed by atoms with Crippen molar-refractivity contribution in [2.24, 2.45) is 46.3 Å². The van der Waals surface area contributed by atoms with Gasteiger partial charge in [-0.25, -0.2) is 0 Å². The van der Waals surface area contributed by atoms with E-state index >= 15 is 0 Å². The van der Waals surface area contributed by atoms with Gasteiger partial charge in [-0.05, 0) is 104 Å². The molecule has 0 aromatic carbocycles. The van der Waals surface area contributed by atoms with Crippen molar-refractivity contribution < 1.29 is 4.79 Å². The van der Waals surface area contributed by atoms with Crippen molar-refractivity contribution in [1.82, 2.24) is 0 Å². The van der Waals surface area contributed by atoms with E-state index in [-0.39, 0.29) is 0 Å². The highest BCUT2D eigenvalue weighted by atomic mass is 16.1. The maximum atomic E-state index is 12.0. The molecule has 8 atom stereocenters. The van der Waals surface area contributed by atoms with E-state index in [4.69, 9.17) is 0 Å². The number of carbonyl (C=O) groups is 1. The fourth-order valence-electron chi connectivity index (χ4n) is 8.10. The van der Waals surface area contributed by atoms with Gasteiger partial charge in [0, 0.05) is 6.42 Å². The van der Waals surface area contributed by atoms with Crippen molar-refractivity contribution in [2.45, 2.75) is 86.0 Å². The number of rotatable bonds is 4. The van der Waals surface area contributed by atoms with Crippen LogP contribution in [0, 0.1) is 46.3 Å². The summed E-state index contributed by atoms with van der Waals surface area (Å²) in [5, 5.41) is 0. The Morgan fingerprint density at radius 1 is 1.07 bits per heavy atom. The molecule has 3 fully saturated rings. The van der Waals surface area contributed by atoms with Crippen molar-refractivity contribution in [1.29, 1.82) is 0 Å². The molecule has 0 N–H and O–H groups in total. The van der Waals surface area contributed by atoms with E-state index in [0.29, 0.717) is 28.4 Å². The summed E-state index contributed by atoms with van der Waals surface area (Å²) >= 11 is 0. The molecule has 0 radical (unpaired) electrons. The van der Waals surface area contributed by atoms with Crippen LogP contribution in [-0.2, 0) is 4.79 Å². The molecule has 1 heteroatoms. The fraction of sp³-hybridized carbons (Fsp3) is 0.750. The predicted molar refractivity (Wildman–Crippen MR) is 122 cm³/mol. The molecule has 4 rings (SSSR count). The fourth-order valence-corrected chi connectivity index (χ4v) is 8.10. The molecule has 0 saturated heterocycles. The molecule has 0 heterocycles. The molecule has 4 aliphatic carbocycles. The Morgan fingerprint density at radius 3 is 2.55 bits per heavy atom. The number of hydrogen-bond donors (Lipinski definition) is 0. The van der Waals surface area contributed by atoms with Crippen LogP contribution in [0.4, 0.5) is 0 Å². The standard InChI is InChI=1S/C28H42O/c1-18(2)19(3)7-8-20(4)24-11-12-25-23-10-9-21-17-22(29)13-15-27(21,5)26(23)14-16-28(24,25)6/h7-8,17,19-20,23-26H,1,9-16H2,2-6H3. The second kappa shape index (κ2) is 7.54. The highest BCUT2D eigenvalue weighted by Crippen LogP contribution is 2.67. The highest BCUT2D eigenvalue weighted by molar-refractivity contribution is 5.91. The zero-order valence-electron chi connectivity index (χ0n) is 19.5. The summed E-state index contributed by atoms with van der Waals surface area (Å²) < 4.78 is 0. The van der Waals surface area contributed by atoms with Crippen LogP contribution in [0.15, 0.2) is 36.0 Å². The van der Waals surface area contributed by atoms with E-state index in [1.54, 1.807) is 0 Å². The van der Waals surface area contributed by atoms with Crippen LogP contribution >= 0.6 is 0 Å². The third-order valence-corrected chi connectivity index (χ3v) is 10.2. The first-order valence-corrected chi connectivity index (χ1v) is 12.2. The second-order valence-corrected chi connectivity index (χ2v) is 11.6. The van der Waals surface area contributed by atoms with Gasteiger partial charge in [-0.2, -0.15) is 0 Å². The van der Waals surface area contributed by atoms with Gasteiger partial charge in [0.15, 0.2) is 5.78 Å². The summed E-state index contributed by atoms with van der Waals surface area (Å²) in [6.45, 7) is 16.1. The largest absolute Gasteiger partial charge is 0.295 e. The first kappa shape index (κ1) is 21.1. The smallest absolute Gasteiger partial charge is 0.155 e. The van der Waals surface area contributed by atoms with Gasteiger partial charge in [0.2, 0.25) is 0 Å². The van der Waals surface area contributed by atoms with Crippen molar-refractivity contribution in [2.75, 3.05) is 0 Å². The summed E-state index contributed by atoms with van der Waals surface area (Å²) in [5.74, 6) is 4.90. The van der Waals surface area contributed by atoms with Crippen LogP contribution in [0.5, 0.6) is 0 Å². The first-order valence-electron chi connectivity index (χ1n) is 12.2. The van der Waals surface area contributed by atoms with Gasteiger partial charge in [-0.15, -0.1) is 0 Å². The summed E-state index contributed by atoms with van der Waals surface area (Å²) in [6, 6.07) is 0. The van der Waals surface area contributed by atoms with Crippen molar-refractivity contribution in [3.8, 4) is 0 Å². The Morgan fingerprint density at radius 2 is 1.83 bits per heavy atom. The lowest BCUT2D eigenvalue weighted by molar-refractivity contribution is -0.117. The summed E-state index contributed by atoms with van der Waals surface area (Å²) in [6.07, 6.45) is 16.9. The van der Waals surface area contributed by atoms with Gasteiger partial charge in [0.1, 0.15) is 0 Å². The number of carbonyl (C=O) groups excluding carboxylic acids is 1. The summed E-state index contributed by atoms with van der Waals surface area (Å²) in [7, 11) is 0. The second-order valence-electron chi connectivity index (χ2n) is 11.6. The Bertz CT molecular complexity index is 741. The molecule has 1 nitrogen and oxygen atoms in total.